The van der Waals surface area contributed by atoms with Crippen molar-refractivity contribution in [3.8, 4) is 0 Å². The van der Waals surface area contributed by atoms with Crippen LogP contribution in [0.25, 0.3) is 10.9 Å². The molecule has 1 heterocycles. The number of carbonyl (C=O) groups excluding carboxylic acids is 1. The number of fused-ring (bicyclic) bond motifs is 1. The Morgan fingerprint density at radius 3 is 2.54 bits per heavy atom. The molecule has 0 radical (unpaired) electrons. The molecule has 1 amide bonds. The van der Waals surface area contributed by atoms with Gasteiger partial charge in [0.1, 0.15) is 6.54 Å². The Kier molecular flexibility index (Phi) is 5.02. The number of benzene rings is 2. The highest BCUT2D eigenvalue weighted by molar-refractivity contribution is 5.91. The molecule has 26 heavy (non-hydrogen) atoms. The third-order valence-corrected chi connectivity index (χ3v) is 4.18. The molecular weight excluding hydrogens is 330 g/mol. The maximum atomic E-state index is 12.8. The van der Waals surface area contributed by atoms with Crippen LogP contribution in [0.3, 0.4) is 0 Å². The first-order valence-corrected chi connectivity index (χ1v) is 8.60. The summed E-state index contributed by atoms with van der Waals surface area (Å²) in [5, 5.41) is 3.24. The fourth-order valence-corrected chi connectivity index (χ4v) is 3.01. The van der Waals surface area contributed by atoms with Gasteiger partial charge in [-0.15, -0.1) is 0 Å². The quantitative estimate of drug-likeness (QED) is 0.768. The minimum absolute atomic E-state index is 0.155. The smallest absolute Gasteiger partial charge is 0.325 e. The van der Waals surface area contributed by atoms with Crippen molar-refractivity contribution < 1.29 is 4.79 Å². The average Bonchev–Trinajstić information content (AvgIpc) is 2.62. The van der Waals surface area contributed by atoms with Crippen LogP contribution in [-0.4, -0.2) is 15.0 Å². The summed E-state index contributed by atoms with van der Waals surface area (Å²) in [4.78, 5) is 37.8. The summed E-state index contributed by atoms with van der Waals surface area (Å²) in [7, 11) is 0. The lowest BCUT2D eigenvalue weighted by Crippen LogP contribution is -2.41. The van der Waals surface area contributed by atoms with Gasteiger partial charge in [-0.2, -0.15) is 0 Å². The van der Waals surface area contributed by atoms with Crippen LogP contribution in [-0.2, 0) is 17.9 Å². The third-order valence-electron chi connectivity index (χ3n) is 4.18. The first-order chi connectivity index (χ1) is 12.5. The van der Waals surface area contributed by atoms with Gasteiger partial charge in [0.05, 0.1) is 10.9 Å². The molecular formula is C20H21N3O3. The van der Waals surface area contributed by atoms with Gasteiger partial charge in [0.15, 0.2) is 0 Å². The maximum Gasteiger partial charge on any atom is 0.331 e. The zero-order valence-electron chi connectivity index (χ0n) is 14.9. The molecule has 0 spiro atoms. The van der Waals surface area contributed by atoms with Gasteiger partial charge in [0, 0.05) is 12.2 Å². The molecule has 134 valence electrons. The Labute approximate surface area is 150 Å². The molecule has 0 unspecified atom stereocenters. The lowest BCUT2D eigenvalue weighted by molar-refractivity contribution is -0.116. The second-order valence-corrected chi connectivity index (χ2v) is 6.26. The number of rotatable bonds is 5. The van der Waals surface area contributed by atoms with E-state index in [4.69, 9.17) is 0 Å². The van der Waals surface area contributed by atoms with Gasteiger partial charge in [0.2, 0.25) is 5.91 Å². The molecule has 3 rings (SSSR count). The third kappa shape index (κ3) is 3.44. The fraction of sp³-hybridized carbons (Fsp3) is 0.250. The molecule has 2 aromatic carbocycles. The number of hydrogen-bond acceptors (Lipinski definition) is 3. The highest BCUT2D eigenvalue weighted by atomic mass is 16.2. The number of anilines is 1. The predicted molar refractivity (Wildman–Crippen MR) is 103 cm³/mol. The zero-order valence-corrected chi connectivity index (χ0v) is 14.9. The lowest BCUT2D eigenvalue weighted by Gasteiger charge is -2.14. The van der Waals surface area contributed by atoms with Gasteiger partial charge in [-0.25, -0.2) is 4.79 Å². The molecule has 0 bridgehead atoms. The van der Waals surface area contributed by atoms with Gasteiger partial charge in [-0.05, 0) is 43.2 Å². The Morgan fingerprint density at radius 2 is 1.81 bits per heavy atom. The zero-order chi connectivity index (χ0) is 18.7. The van der Waals surface area contributed by atoms with Crippen LogP contribution in [0.15, 0.2) is 58.1 Å². The fourth-order valence-electron chi connectivity index (χ4n) is 3.01. The van der Waals surface area contributed by atoms with Crippen molar-refractivity contribution in [3.05, 3.63) is 74.9 Å². The van der Waals surface area contributed by atoms with Crippen molar-refractivity contribution in [2.45, 2.75) is 33.4 Å². The minimum atomic E-state index is -0.463. The van der Waals surface area contributed by atoms with E-state index < -0.39 is 5.69 Å². The van der Waals surface area contributed by atoms with E-state index in [1.807, 2.05) is 32.0 Å². The molecule has 0 atom stereocenters. The van der Waals surface area contributed by atoms with E-state index >= 15 is 0 Å². The first-order valence-electron chi connectivity index (χ1n) is 8.60. The number of para-hydroxylation sites is 1. The van der Waals surface area contributed by atoms with Crippen LogP contribution >= 0.6 is 0 Å². The number of aryl methyl sites for hydroxylation is 1. The van der Waals surface area contributed by atoms with Crippen LogP contribution < -0.4 is 16.6 Å². The molecule has 1 aromatic heterocycles. The van der Waals surface area contributed by atoms with Crippen molar-refractivity contribution in [2.24, 2.45) is 0 Å². The number of amides is 1. The molecule has 1 N–H and O–H groups in total. The maximum absolute atomic E-state index is 12.8. The second-order valence-electron chi connectivity index (χ2n) is 6.26. The Hall–Kier alpha value is -3.15. The number of hydrogen-bond donors (Lipinski definition) is 1. The van der Waals surface area contributed by atoms with Crippen LogP contribution in [0.4, 0.5) is 5.69 Å². The highest BCUT2D eigenvalue weighted by Crippen LogP contribution is 2.11. The standard InChI is InChI=1S/C20H21N3O3/c1-3-11-22-19(25)16-9-4-5-10-17(16)23(20(22)26)13-18(24)21-15-8-6-7-14(2)12-15/h4-10,12H,3,11,13H2,1-2H3,(H,21,24). The molecule has 0 saturated carbocycles. The van der Waals surface area contributed by atoms with Crippen molar-refractivity contribution in [3.63, 3.8) is 0 Å². The average molecular weight is 351 g/mol. The molecule has 6 heteroatoms. The van der Waals surface area contributed by atoms with Crippen LogP contribution in [0.2, 0.25) is 0 Å². The van der Waals surface area contributed by atoms with Crippen molar-refractivity contribution in [2.75, 3.05) is 5.32 Å². The molecule has 3 aromatic rings. The van der Waals surface area contributed by atoms with Crippen LogP contribution in [0.5, 0.6) is 0 Å². The number of carbonyl (C=O) groups is 1. The van der Waals surface area contributed by atoms with Crippen LogP contribution in [0, 0.1) is 6.92 Å². The molecule has 0 aliphatic carbocycles. The minimum Gasteiger partial charge on any atom is -0.325 e. The predicted octanol–water partition coefficient (Wildman–Crippen LogP) is 2.52. The molecule has 0 fully saturated rings. The van der Waals surface area contributed by atoms with Gasteiger partial charge in [0.25, 0.3) is 5.56 Å². The summed E-state index contributed by atoms with van der Waals surface area (Å²) < 4.78 is 2.56. The van der Waals surface area contributed by atoms with E-state index in [9.17, 15) is 14.4 Å². The monoisotopic (exact) mass is 351 g/mol. The summed E-state index contributed by atoms with van der Waals surface area (Å²) in [5.74, 6) is -0.315. The van der Waals surface area contributed by atoms with E-state index in [0.717, 1.165) is 5.56 Å². The lowest BCUT2D eigenvalue weighted by atomic mass is 10.2. The molecule has 6 nitrogen and oxygen atoms in total. The summed E-state index contributed by atoms with van der Waals surface area (Å²) in [6.45, 7) is 4.00. The van der Waals surface area contributed by atoms with Gasteiger partial charge >= 0.3 is 5.69 Å². The Morgan fingerprint density at radius 1 is 1.04 bits per heavy atom. The van der Waals surface area contributed by atoms with E-state index in [0.29, 0.717) is 29.6 Å². The molecule has 0 saturated heterocycles. The van der Waals surface area contributed by atoms with Crippen LogP contribution in [0.1, 0.15) is 18.9 Å². The van der Waals surface area contributed by atoms with Crippen molar-refractivity contribution >= 4 is 22.5 Å². The summed E-state index contributed by atoms with van der Waals surface area (Å²) in [6.07, 6.45) is 0.656. The summed E-state index contributed by atoms with van der Waals surface area (Å²) in [6, 6.07) is 14.3. The van der Waals surface area contributed by atoms with Gasteiger partial charge in [-0.1, -0.05) is 31.2 Å². The number of nitrogens with one attached hydrogen (secondary N) is 1. The Bertz CT molecular complexity index is 1080. The van der Waals surface area contributed by atoms with Gasteiger partial charge in [-0.3, -0.25) is 18.7 Å². The van der Waals surface area contributed by atoms with E-state index in [2.05, 4.69) is 5.32 Å². The highest BCUT2D eigenvalue weighted by Gasteiger charge is 2.14. The topological polar surface area (TPSA) is 73.1 Å². The SMILES string of the molecule is CCCn1c(=O)c2ccccc2n(CC(=O)Nc2cccc(C)c2)c1=O. The van der Waals surface area contributed by atoms with Gasteiger partial charge < -0.3 is 5.32 Å². The van der Waals surface area contributed by atoms with Crippen molar-refractivity contribution in [1.29, 1.82) is 0 Å². The molecule has 0 aliphatic heterocycles. The number of nitrogens with zero attached hydrogens (tertiary/aromatic N) is 2. The van der Waals surface area contributed by atoms with Crippen molar-refractivity contribution in [1.82, 2.24) is 9.13 Å². The largest absolute Gasteiger partial charge is 0.331 e. The first kappa shape index (κ1) is 17.7. The normalized spacial score (nSPS) is 10.8. The second kappa shape index (κ2) is 7.39. The van der Waals surface area contributed by atoms with E-state index in [1.165, 1.54) is 9.13 Å². The number of aromatic nitrogens is 2. The van der Waals surface area contributed by atoms with E-state index in [1.54, 1.807) is 30.3 Å². The Balaban J connectivity index is 2.02. The summed E-state index contributed by atoms with van der Waals surface area (Å²) >= 11 is 0. The van der Waals surface area contributed by atoms with E-state index in [-0.39, 0.29) is 18.0 Å². The molecule has 0 aliphatic rings. The summed E-state index contributed by atoms with van der Waals surface area (Å²) in [5.41, 5.74) is 1.39.